The summed E-state index contributed by atoms with van der Waals surface area (Å²) in [6.45, 7) is 2.91. The highest BCUT2D eigenvalue weighted by atomic mass is 16.1. The standard InChI is InChI=1S/C23H26N4O/c1-2-3-4-5-6-16-7-9-17(10-8-16)22-24-13-12-20(27-22)21-15-18-19(26-21)11-14-25-23(18)28/h7-10,12-13,15,26H,2-6,11,14H2,1H3,(H,25,28). The monoisotopic (exact) mass is 374 g/mol. The first kappa shape index (κ1) is 18.4. The van der Waals surface area contributed by atoms with E-state index in [9.17, 15) is 4.79 Å². The van der Waals surface area contributed by atoms with E-state index in [4.69, 9.17) is 4.98 Å². The van der Waals surface area contributed by atoms with Gasteiger partial charge in [-0.2, -0.15) is 0 Å². The van der Waals surface area contributed by atoms with Gasteiger partial charge in [-0.15, -0.1) is 0 Å². The number of hydrogen-bond donors (Lipinski definition) is 2. The molecular formula is C23H26N4O. The second kappa shape index (κ2) is 8.38. The molecule has 3 aromatic rings. The van der Waals surface area contributed by atoms with Crippen LogP contribution in [0.5, 0.6) is 0 Å². The quantitative estimate of drug-likeness (QED) is 0.596. The maximum atomic E-state index is 12.0. The molecule has 0 spiro atoms. The summed E-state index contributed by atoms with van der Waals surface area (Å²) in [7, 11) is 0. The largest absolute Gasteiger partial charge is 0.356 e. The van der Waals surface area contributed by atoms with Gasteiger partial charge in [0.05, 0.1) is 17.0 Å². The van der Waals surface area contributed by atoms with Crippen LogP contribution in [0.1, 0.15) is 54.2 Å². The van der Waals surface area contributed by atoms with Crippen molar-refractivity contribution in [2.45, 2.75) is 45.4 Å². The molecule has 2 aromatic heterocycles. The Morgan fingerprint density at radius 2 is 1.93 bits per heavy atom. The number of aromatic amines is 1. The lowest BCUT2D eigenvalue weighted by Crippen LogP contribution is -2.31. The summed E-state index contributed by atoms with van der Waals surface area (Å²) in [5, 5.41) is 2.88. The lowest BCUT2D eigenvalue weighted by atomic mass is 10.0. The van der Waals surface area contributed by atoms with Gasteiger partial charge in [-0.3, -0.25) is 4.79 Å². The fourth-order valence-electron chi connectivity index (χ4n) is 3.66. The minimum absolute atomic E-state index is 0.0208. The van der Waals surface area contributed by atoms with E-state index in [1.54, 1.807) is 6.20 Å². The predicted molar refractivity (Wildman–Crippen MR) is 111 cm³/mol. The molecule has 5 nitrogen and oxygen atoms in total. The van der Waals surface area contributed by atoms with Crippen molar-refractivity contribution in [3.05, 3.63) is 59.4 Å². The molecule has 1 amide bonds. The number of unbranched alkanes of at least 4 members (excludes halogenated alkanes) is 3. The Hall–Kier alpha value is -2.95. The number of fused-ring (bicyclic) bond motifs is 1. The zero-order valence-corrected chi connectivity index (χ0v) is 16.3. The number of hydrogen-bond acceptors (Lipinski definition) is 3. The van der Waals surface area contributed by atoms with Gasteiger partial charge in [-0.25, -0.2) is 9.97 Å². The maximum Gasteiger partial charge on any atom is 0.253 e. The van der Waals surface area contributed by atoms with Crippen LogP contribution in [0.2, 0.25) is 0 Å². The Balaban J connectivity index is 1.52. The third-order valence-electron chi connectivity index (χ3n) is 5.27. The normalized spacial score (nSPS) is 13.2. The summed E-state index contributed by atoms with van der Waals surface area (Å²) in [4.78, 5) is 24.5. The van der Waals surface area contributed by atoms with E-state index in [1.807, 2.05) is 12.1 Å². The van der Waals surface area contributed by atoms with Crippen LogP contribution < -0.4 is 5.32 Å². The zero-order chi connectivity index (χ0) is 19.3. The van der Waals surface area contributed by atoms with Crippen LogP contribution in [-0.4, -0.2) is 27.4 Å². The summed E-state index contributed by atoms with van der Waals surface area (Å²) in [6.07, 6.45) is 8.82. The summed E-state index contributed by atoms with van der Waals surface area (Å²) in [5.74, 6) is 0.680. The average molecular weight is 374 g/mol. The number of aryl methyl sites for hydroxylation is 1. The second-order valence-corrected chi connectivity index (χ2v) is 7.35. The molecule has 2 N–H and O–H groups in total. The van der Waals surface area contributed by atoms with Crippen molar-refractivity contribution in [1.29, 1.82) is 0 Å². The van der Waals surface area contributed by atoms with Crippen molar-refractivity contribution < 1.29 is 4.79 Å². The van der Waals surface area contributed by atoms with E-state index >= 15 is 0 Å². The van der Waals surface area contributed by atoms with E-state index < -0.39 is 0 Å². The first-order chi connectivity index (χ1) is 13.7. The molecule has 0 aliphatic carbocycles. The molecule has 0 saturated carbocycles. The van der Waals surface area contributed by atoms with Gasteiger partial charge in [0.25, 0.3) is 5.91 Å². The molecule has 1 aliphatic rings. The van der Waals surface area contributed by atoms with E-state index in [2.05, 4.69) is 46.5 Å². The number of H-pyrrole nitrogens is 1. The van der Waals surface area contributed by atoms with Crippen molar-refractivity contribution in [1.82, 2.24) is 20.3 Å². The van der Waals surface area contributed by atoms with Gasteiger partial charge in [0, 0.05) is 30.4 Å². The number of aromatic nitrogens is 3. The number of carbonyl (C=O) groups is 1. The zero-order valence-electron chi connectivity index (χ0n) is 16.3. The smallest absolute Gasteiger partial charge is 0.253 e. The molecule has 0 unspecified atom stereocenters. The van der Waals surface area contributed by atoms with E-state index in [-0.39, 0.29) is 5.91 Å². The van der Waals surface area contributed by atoms with Crippen molar-refractivity contribution in [3.63, 3.8) is 0 Å². The van der Waals surface area contributed by atoms with Crippen LogP contribution >= 0.6 is 0 Å². The third-order valence-corrected chi connectivity index (χ3v) is 5.27. The first-order valence-corrected chi connectivity index (χ1v) is 10.2. The minimum Gasteiger partial charge on any atom is -0.356 e. The molecule has 0 atom stereocenters. The molecular weight excluding hydrogens is 348 g/mol. The number of rotatable bonds is 7. The van der Waals surface area contributed by atoms with Gasteiger partial charge in [-0.05, 0) is 30.5 Å². The SMILES string of the molecule is CCCCCCc1ccc(-c2nccc(-c3cc4c([nH]3)CCNC4=O)n2)cc1. The van der Waals surface area contributed by atoms with Crippen LogP contribution in [0, 0.1) is 0 Å². The first-order valence-electron chi connectivity index (χ1n) is 10.2. The molecule has 28 heavy (non-hydrogen) atoms. The van der Waals surface area contributed by atoms with Crippen LogP contribution in [0.25, 0.3) is 22.8 Å². The number of nitrogens with zero attached hydrogens (tertiary/aromatic N) is 2. The van der Waals surface area contributed by atoms with E-state index in [1.165, 1.54) is 31.2 Å². The molecule has 4 rings (SSSR count). The fraction of sp³-hybridized carbons (Fsp3) is 0.348. The van der Waals surface area contributed by atoms with Crippen molar-refractivity contribution in [3.8, 4) is 22.8 Å². The Morgan fingerprint density at radius 3 is 2.71 bits per heavy atom. The minimum atomic E-state index is -0.0208. The summed E-state index contributed by atoms with van der Waals surface area (Å²) in [6, 6.07) is 12.3. The third kappa shape index (κ3) is 3.98. The Morgan fingerprint density at radius 1 is 1.07 bits per heavy atom. The van der Waals surface area contributed by atoms with Crippen molar-refractivity contribution in [2.75, 3.05) is 6.54 Å². The van der Waals surface area contributed by atoms with Crippen molar-refractivity contribution in [2.24, 2.45) is 0 Å². The van der Waals surface area contributed by atoms with Gasteiger partial charge < -0.3 is 10.3 Å². The van der Waals surface area contributed by atoms with Gasteiger partial charge >= 0.3 is 0 Å². The topological polar surface area (TPSA) is 70.7 Å². The van der Waals surface area contributed by atoms with Crippen LogP contribution in [0.15, 0.2) is 42.6 Å². The van der Waals surface area contributed by atoms with Crippen LogP contribution in [-0.2, 0) is 12.8 Å². The number of amides is 1. The lowest BCUT2D eigenvalue weighted by Gasteiger charge is -2.10. The molecule has 0 fully saturated rings. The molecule has 0 radical (unpaired) electrons. The molecule has 0 bridgehead atoms. The average Bonchev–Trinajstić information content (AvgIpc) is 3.18. The fourth-order valence-corrected chi connectivity index (χ4v) is 3.66. The summed E-state index contributed by atoms with van der Waals surface area (Å²) >= 11 is 0. The Labute approximate surface area is 165 Å². The molecule has 5 heteroatoms. The Bertz CT molecular complexity index is 959. The van der Waals surface area contributed by atoms with Gasteiger partial charge in [0.2, 0.25) is 0 Å². The second-order valence-electron chi connectivity index (χ2n) is 7.35. The highest BCUT2D eigenvalue weighted by molar-refractivity contribution is 5.97. The summed E-state index contributed by atoms with van der Waals surface area (Å²) in [5.41, 5.74) is 5.72. The van der Waals surface area contributed by atoms with Gasteiger partial charge in [0.15, 0.2) is 5.82 Å². The highest BCUT2D eigenvalue weighted by Crippen LogP contribution is 2.24. The van der Waals surface area contributed by atoms with Gasteiger partial charge in [0.1, 0.15) is 0 Å². The van der Waals surface area contributed by atoms with Crippen LogP contribution in [0.4, 0.5) is 0 Å². The molecule has 3 heterocycles. The predicted octanol–water partition coefficient (Wildman–Crippen LogP) is 4.55. The number of carbonyl (C=O) groups excluding carboxylic acids is 1. The highest BCUT2D eigenvalue weighted by Gasteiger charge is 2.20. The number of nitrogens with one attached hydrogen (secondary N) is 2. The summed E-state index contributed by atoms with van der Waals surface area (Å²) < 4.78 is 0. The van der Waals surface area contributed by atoms with Crippen LogP contribution in [0.3, 0.4) is 0 Å². The molecule has 144 valence electrons. The maximum absolute atomic E-state index is 12.0. The van der Waals surface area contributed by atoms with E-state index in [0.29, 0.717) is 17.9 Å². The van der Waals surface area contributed by atoms with Crippen molar-refractivity contribution >= 4 is 5.91 Å². The number of benzene rings is 1. The Kier molecular flexibility index (Phi) is 5.51. The molecule has 1 aromatic carbocycles. The van der Waals surface area contributed by atoms with E-state index in [0.717, 1.165) is 35.5 Å². The van der Waals surface area contributed by atoms with Gasteiger partial charge in [-0.1, -0.05) is 50.5 Å². The molecule has 1 aliphatic heterocycles. The molecule has 0 saturated heterocycles. The lowest BCUT2D eigenvalue weighted by molar-refractivity contribution is 0.0946.